The summed E-state index contributed by atoms with van der Waals surface area (Å²) < 4.78 is 1.98. The van der Waals surface area contributed by atoms with Gasteiger partial charge in [-0.15, -0.1) is 0 Å². The van der Waals surface area contributed by atoms with E-state index in [9.17, 15) is 5.11 Å². The topological polar surface area (TPSA) is 66.7 Å². The molecule has 1 aliphatic carbocycles. The van der Waals surface area contributed by atoms with Gasteiger partial charge >= 0.3 is 0 Å². The molecule has 0 saturated carbocycles. The van der Waals surface area contributed by atoms with E-state index >= 15 is 0 Å². The maximum absolute atomic E-state index is 9.56. The van der Waals surface area contributed by atoms with Crippen molar-refractivity contribution in [2.75, 3.05) is 0 Å². The quantitative estimate of drug-likeness (QED) is 0.499. The minimum absolute atomic E-state index is 0.116. The molecule has 2 heterocycles. The minimum atomic E-state index is -0.116. The molecule has 2 aromatic heterocycles. The Morgan fingerprint density at radius 2 is 1.79 bits per heavy atom. The van der Waals surface area contributed by atoms with Crippen molar-refractivity contribution in [3.8, 4) is 34.1 Å². The molecule has 5 rings (SSSR count). The van der Waals surface area contributed by atoms with Crippen LogP contribution in [0.3, 0.4) is 0 Å². The van der Waals surface area contributed by atoms with E-state index in [1.54, 1.807) is 12.1 Å². The molecule has 2 aromatic carbocycles. The van der Waals surface area contributed by atoms with Crippen LogP contribution >= 0.6 is 11.6 Å². The number of aromatic nitrogens is 4. The number of nitrogens with zero attached hydrogens (tertiary/aromatic N) is 3. The van der Waals surface area contributed by atoms with Crippen LogP contribution in [0.1, 0.15) is 25.2 Å². The van der Waals surface area contributed by atoms with Crippen molar-refractivity contribution in [1.29, 1.82) is 0 Å². The monoisotopic (exact) mass is 390 g/mol. The number of hydrogen-bond acceptors (Lipinski definition) is 3. The summed E-state index contributed by atoms with van der Waals surface area (Å²) in [5.41, 5.74) is 6.05. The Balaban J connectivity index is 1.66. The predicted octanol–water partition coefficient (Wildman–Crippen LogP) is 5.12. The van der Waals surface area contributed by atoms with Crippen molar-refractivity contribution < 1.29 is 5.11 Å². The fourth-order valence-corrected chi connectivity index (χ4v) is 3.99. The molecule has 5 nitrogen and oxygen atoms in total. The van der Waals surface area contributed by atoms with Crippen molar-refractivity contribution in [2.45, 2.75) is 25.7 Å². The lowest BCUT2D eigenvalue weighted by atomic mass is 9.77. The average molecular weight is 391 g/mol. The first-order chi connectivity index (χ1) is 13.4. The molecule has 6 heteroatoms. The number of phenols is 1. The summed E-state index contributed by atoms with van der Waals surface area (Å²) in [6.45, 7) is 4.43. The maximum Gasteiger partial charge on any atom is 0.138 e. The second kappa shape index (κ2) is 5.97. The molecule has 140 valence electrons. The highest BCUT2D eigenvalue weighted by Crippen LogP contribution is 2.43. The molecule has 0 aliphatic heterocycles. The summed E-state index contributed by atoms with van der Waals surface area (Å²) in [4.78, 5) is 8.41. The highest BCUT2D eigenvalue weighted by Gasteiger charge is 2.37. The van der Waals surface area contributed by atoms with Crippen LogP contribution in [-0.4, -0.2) is 24.9 Å². The predicted molar refractivity (Wildman–Crippen MR) is 110 cm³/mol. The second-order valence-corrected chi connectivity index (χ2v) is 8.25. The summed E-state index contributed by atoms with van der Waals surface area (Å²) in [5, 5.41) is 14.9. The maximum atomic E-state index is 9.56. The van der Waals surface area contributed by atoms with Gasteiger partial charge in [-0.05, 0) is 48.5 Å². The van der Waals surface area contributed by atoms with E-state index in [-0.39, 0.29) is 11.2 Å². The first kappa shape index (κ1) is 17.1. The number of imidazole rings is 1. The van der Waals surface area contributed by atoms with Gasteiger partial charge in [0.1, 0.15) is 11.6 Å². The Morgan fingerprint density at radius 1 is 1.07 bits per heavy atom. The first-order valence-corrected chi connectivity index (χ1v) is 9.53. The number of benzene rings is 2. The van der Waals surface area contributed by atoms with Crippen LogP contribution in [0.4, 0.5) is 0 Å². The zero-order valence-electron chi connectivity index (χ0n) is 15.6. The normalized spacial score (nSPS) is 14.5. The van der Waals surface area contributed by atoms with Gasteiger partial charge in [-0.25, -0.2) is 9.67 Å². The number of aromatic amines is 1. The van der Waals surface area contributed by atoms with Crippen LogP contribution in [0.25, 0.3) is 28.3 Å². The summed E-state index contributed by atoms with van der Waals surface area (Å²) in [5.74, 6) is 1.04. The summed E-state index contributed by atoms with van der Waals surface area (Å²) in [7, 11) is 0. The van der Waals surface area contributed by atoms with Crippen molar-refractivity contribution in [1.82, 2.24) is 19.7 Å². The molecule has 0 atom stereocenters. The number of rotatable bonds is 2. The second-order valence-electron chi connectivity index (χ2n) is 7.81. The van der Waals surface area contributed by atoms with Crippen LogP contribution in [0, 0.1) is 0 Å². The molecule has 0 fully saturated rings. The molecule has 0 unspecified atom stereocenters. The molecule has 28 heavy (non-hydrogen) atoms. The molecule has 0 bridgehead atoms. The summed E-state index contributed by atoms with van der Waals surface area (Å²) in [6.07, 6.45) is 2.73. The third-order valence-electron chi connectivity index (χ3n) is 5.33. The molecule has 4 aromatic rings. The van der Waals surface area contributed by atoms with Gasteiger partial charge in [-0.1, -0.05) is 25.4 Å². The largest absolute Gasteiger partial charge is 0.508 e. The van der Waals surface area contributed by atoms with E-state index in [1.807, 2.05) is 47.3 Å². The number of nitrogens with one attached hydrogen (secondary N) is 1. The van der Waals surface area contributed by atoms with Gasteiger partial charge in [-0.3, -0.25) is 0 Å². The minimum Gasteiger partial charge on any atom is -0.508 e. The Labute approximate surface area is 167 Å². The lowest BCUT2D eigenvalue weighted by molar-refractivity contribution is 0.475. The van der Waals surface area contributed by atoms with Crippen LogP contribution in [-0.2, 0) is 11.8 Å². The molecule has 0 spiro atoms. The van der Waals surface area contributed by atoms with Crippen molar-refractivity contribution in [2.24, 2.45) is 0 Å². The van der Waals surface area contributed by atoms with Gasteiger partial charge in [-0.2, -0.15) is 5.10 Å². The Hall–Kier alpha value is -3.05. The number of aromatic hydroxyl groups is 1. The number of fused-ring (bicyclic) bond motifs is 3. The van der Waals surface area contributed by atoms with E-state index in [4.69, 9.17) is 16.6 Å². The molecular formula is C22H19ClN4O. The fourth-order valence-electron chi connectivity index (χ4n) is 3.87. The standard InChI is InChI=1S/C22H19ClN4O/c1-22(2)11-18-17(12-24-27(18)15-7-5-14(23)6-8-15)19-20(22)26-21(25-19)13-3-9-16(28)10-4-13/h3-10,12,28H,11H2,1-2H3,(H,25,26). The van der Waals surface area contributed by atoms with E-state index in [0.717, 1.165) is 46.1 Å². The lowest BCUT2D eigenvalue weighted by Crippen LogP contribution is -2.27. The zero-order valence-corrected chi connectivity index (χ0v) is 16.3. The van der Waals surface area contributed by atoms with Gasteiger partial charge in [0.05, 0.1) is 23.3 Å². The third-order valence-corrected chi connectivity index (χ3v) is 5.58. The average Bonchev–Trinajstić information content (AvgIpc) is 3.28. The van der Waals surface area contributed by atoms with E-state index in [1.165, 1.54) is 0 Å². The summed E-state index contributed by atoms with van der Waals surface area (Å²) >= 11 is 6.04. The van der Waals surface area contributed by atoms with Crippen molar-refractivity contribution in [3.63, 3.8) is 0 Å². The Morgan fingerprint density at radius 3 is 2.50 bits per heavy atom. The number of hydrogen-bond donors (Lipinski definition) is 2. The van der Waals surface area contributed by atoms with E-state index < -0.39 is 0 Å². The fraction of sp³-hybridized carbons (Fsp3) is 0.182. The van der Waals surface area contributed by atoms with Crippen molar-refractivity contribution >= 4 is 11.6 Å². The molecule has 0 saturated heterocycles. The molecule has 1 aliphatic rings. The Kier molecular flexibility index (Phi) is 3.64. The van der Waals surface area contributed by atoms with Gasteiger partial charge in [0.25, 0.3) is 0 Å². The number of phenolic OH excluding ortho intramolecular Hbond substituents is 1. The van der Waals surface area contributed by atoms with Crippen LogP contribution in [0.5, 0.6) is 5.75 Å². The molecule has 0 radical (unpaired) electrons. The highest BCUT2D eigenvalue weighted by molar-refractivity contribution is 6.30. The Bertz CT molecular complexity index is 1170. The van der Waals surface area contributed by atoms with Gasteiger partial charge in [0.15, 0.2) is 0 Å². The SMILES string of the molecule is CC1(C)Cc2c(cnn2-c2ccc(Cl)cc2)-c2nc(-c3ccc(O)cc3)[nH]c21. The first-order valence-electron chi connectivity index (χ1n) is 9.15. The van der Waals surface area contributed by atoms with Crippen LogP contribution < -0.4 is 0 Å². The summed E-state index contributed by atoms with van der Waals surface area (Å²) in [6, 6.07) is 14.8. The van der Waals surface area contributed by atoms with E-state index in [2.05, 4.69) is 23.9 Å². The van der Waals surface area contributed by atoms with Crippen LogP contribution in [0.2, 0.25) is 5.02 Å². The van der Waals surface area contributed by atoms with Gasteiger partial charge < -0.3 is 10.1 Å². The van der Waals surface area contributed by atoms with Crippen LogP contribution in [0.15, 0.2) is 54.7 Å². The zero-order chi connectivity index (χ0) is 19.5. The van der Waals surface area contributed by atoms with Crippen molar-refractivity contribution in [3.05, 3.63) is 71.1 Å². The van der Waals surface area contributed by atoms with Gasteiger partial charge in [0, 0.05) is 33.7 Å². The lowest BCUT2D eigenvalue weighted by Gasteiger charge is -2.29. The smallest absolute Gasteiger partial charge is 0.138 e. The number of halogens is 1. The van der Waals surface area contributed by atoms with Gasteiger partial charge in [0.2, 0.25) is 0 Å². The molecule has 2 N–H and O–H groups in total. The molecular weight excluding hydrogens is 372 g/mol. The van der Waals surface area contributed by atoms with E-state index in [0.29, 0.717) is 5.02 Å². The third kappa shape index (κ3) is 2.62. The molecule has 0 amide bonds. The highest BCUT2D eigenvalue weighted by atomic mass is 35.5. The number of H-pyrrole nitrogens is 1.